The molecule has 0 saturated carbocycles. The summed E-state index contributed by atoms with van der Waals surface area (Å²) in [5.41, 5.74) is 2.83. The van der Waals surface area contributed by atoms with Gasteiger partial charge in [-0.1, -0.05) is 60.7 Å². The highest BCUT2D eigenvalue weighted by Crippen LogP contribution is 2.23. The molecule has 26 heavy (non-hydrogen) atoms. The van der Waals surface area contributed by atoms with Crippen molar-refractivity contribution in [2.75, 3.05) is 26.2 Å². The topological polar surface area (TPSA) is 18.8 Å². The van der Waals surface area contributed by atoms with Crippen LogP contribution in [0.3, 0.4) is 0 Å². The molecule has 2 aromatic rings. The molecular formula is C22H28IN3. The maximum absolute atomic E-state index is 4.85. The van der Waals surface area contributed by atoms with Crippen LogP contribution in [0.15, 0.2) is 65.7 Å². The Labute approximate surface area is 174 Å². The molecule has 2 aromatic carbocycles. The highest BCUT2D eigenvalue weighted by molar-refractivity contribution is 14.0. The van der Waals surface area contributed by atoms with Crippen molar-refractivity contribution in [1.82, 2.24) is 9.80 Å². The van der Waals surface area contributed by atoms with Gasteiger partial charge in [0, 0.05) is 26.2 Å². The summed E-state index contributed by atoms with van der Waals surface area (Å²) < 4.78 is 0. The van der Waals surface area contributed by atoms with Crippen LogP contribution >= 0.6 is 24.0 Å². The highest BCUT2D eigenvalue weighted by Gasteiger charge is 2.28. The molecule has 0 aromatic heterocycles. The molecule has 0 aliphatic carbocycles. The normalized spacial score (nSPS) is 19.8. The summed E-state index contributed by atoms with van der Waals surface area (Å²) in [6.45, 7) is 5.24. The smallest absolute Gasteiger partial charge is 0.197 e. The van der Waals surface area contributed by atoms with Crippen LogP contribution in [0.1, 0.15) is 24.0 Å². The molecule has 1 saturated heterocycles. The molecule has 1 fully saturated rings. The average molecular weight is 461 g/mol. The zero-order chi connectivity index (χ0) is 16.9. The zero-order valence-electron chi connectivity index (χ0n) is 15.3. The lowest BCUT2D eigenvalue weighted by Gasteiger charge is -2.37. The molecule has 0 spiro atoms. The predicted molar refractivity (Wildman–Crippen MR) is 119 cm³/mol. The molecule has 0 radical (unpaired) electrons. The minimum absolute atomic E-state index is 0. The van der Waals surface area contributed by atoms with E-state index in [0.717, 1.165) is 38.6 Å². The number of rotatable bonds is 4. The third kappa shape index (κ3) is 4.78. The van der Waals surface area contributed by atoms with E-state index < -0.39 is 0 Å². The van der Waals surface area contributed by atoms with Gasteiger partial charge in [0.2, 0.25) is 0 Å². The molecule has 138 valence electrons. The molecule has 1 unspecified atom stereocenters. The van der Waals surface area contributed by atoms with Crippen molar-refractivity contribution < 1.29 is 0 Å². The van der Waals surface area contributed by atoms with Crippen LogP contribution in [0.5, 0.6) is 0 Å². The van der Waals surface area contributed by atoms with Crippen LogP contribution in [0, 0.1) is 5.92 Å². The van der Waals surface area contributed by atoms with Crippen LogP contribution in [0.2, 0.25) is 0 Å². The zero-order valence-corrected chi connectivity index (χ0v) is 17.6. The summed E-state index contributed by atoms with van der Waals surface area (Å²) in [5.74, 6) is 1.96. The Morgan fingerprint density at radius 2 is 1.58 bits per heavy atom. The van der Waals surface area contributed by atoms with Gasteiger partial charge in [-0.3, -0.25) is 4.99 Å². The predicted octanol–water partition coefficient (Wildman–Crippen LogP) is 4.43. The number of guanidine groups is 1. The van der Waals surface area contributed by atoms with E-state index in [0.29, 0.717) is 0 Å². The van der Waals surface area contributed by atoms with Crippen LogP contribution < -0.4 is 0 Å². The summed E-state index contributed by atoms with van der Waals surface area (Å²) in [4.78, 5) is 9.84. The molecule has 4 rings (SSSR count). The molecule has 1 atom stereocenters. The minimum atomic E-state index is 0. The van der Waals surface area contributed by atoms with E-state index in [-0.39, 0.29) is 24.0 Å². The van der Waals surface area contributed by atoms with Gasteiger partial charge >= 0.3 is 0 Å². The monoisotopic (exact) mass is 461 g/mol. The second-order valence-corrected chi connectivity index (χ2v) is 7.23. The lowest BCUT2D eigenvalue weighted by Crippen LogP contribution is -2.46. The highest BCUT2D eigenvalue weighted by atomic mass is 127. The fourth-order valence-corrected chi connectivity index (χ4v) is 4.09. The first-order valence-electron chi connectivity index (χ1n) is 9.51. The Balaban J connectivity index is 0.00000196. The number of halogens is 1. The Morgan fingerprint density at radius 1 is 0.885 bits per heavy atom. The van der Waals surface area contributed by atoms with Crippen LogP contribution in [0.4, 0.5) is 0 Å². The lowest BCUT2D eigenvalue weighted by molar-refractivity contribution is 0.231. The second kappa shape index (κ2) is 9.40. The number of hydrogen-bond donors (Lipinski definition) is 0. The van der Waals surface area contributed by atoms with Gasteiger partial charge < -0.3 is 9.80 Å². The first-order chi connectivity index (χ1) is 12.4. The van der Waals surface area contributed by atoms with E-state index in [1.807, 2.05) is 0 Å². The molecule has 2 aliphatic heterocycles. The Kier molecular flexibility index (Phi) is 6.94. The number of aliphatic imine (C=N–C) groups is 1. The number of hydrogen-bond acceptors (Lipinski definition) is 3. The summed E-state index contributed by atoms with van der Waals surface area (Å²) in [6, 6.07) is 21.7. The van der Waals surface area contributed by atoms with E-state index in [2.05, 4.69) is 70.5 Å². The maximum atomic E-state index is 4.85. The van der Waals surface area contributed by atoms with Crippen molar-refractivity contribution >= 4 is 29.9 Å². The van der Waals surface area contributed by atoms with Gasteiger partial charge in [-0.15, -0.1) is 24.0 Å². The largest absolute Gasteiger partial charge is 0.343 e. The van der Waals surface area contributed by atoms with Gasteiger partial charge in [-0.05, 0) is 36.3 Å². The van der Waals surface area contributed by atoms with Crippen molar-refractivity contribution in [3.05, 3.63) is 71.8 Å². The SMILES string of the molecule is I.c1ccc(CC2CCCN(C3=NCCN3Cc3ccccc3)C2)cc1. The van der Waals surface area contributed by atoms with E-state index >= 15 is 0 Å². The van der Waals surface area contributed by atoms with E-state index in [1.54, 1.807) is 0 Å². The number of likely N-dealkylation sites (tertiary alicyclic amines) is 1. The van der Waals surface area contributed by atoms with Gasteiger partial charge in [-0.2, -0.15) is 0 Å². The van der Waals surface area contributed by atoms with Crippen molar-refractivity contribution in [3.63, 3.8) is 0 Å². The van der Waals surface area contributed by atoms with Crippen LogP contribution in [-0.4, -0.2) is 41.9 Å². The lowest BCUT2D eigenvalue weighted by atomic mass is 9.91. The van der Waals surface area contributed by atoms with E-state index in [4.69, 9.17) is 4.99 Å². The Bertz CT molecular complexity index is 702. The fourth-order valence-electron chi connectivity index (χ4n) is 4.09. The second-order valence-electron chi connectivity index (χ2n) is 7.23. The Morgan fingerprint density at radius 3 is 2.31 bits per heavy atom. The van der Waals surface area contributed by atoms with Crippen molar-refractivity contribution in [2.24, 2.45) is 10.9 Å². The summed E-state index contributed by atoms with van der Waals surface area (Å²) in [7, 11) is 0. The van der Waals surface area contributed by atoms with E-state index in [9.17, 15) is 0 Å². The van der Waals surface area contributed by atoms with Gasteiger partial charge in [-0.25, -0.2) is 0 Å². The maximum Gasteiger partial charge on any atom is 0.197 e. The minimum Gasteiger partial charge on any atom is -0.343 e. The standard InChI is InChI=1S/C22H27N3.HI/c1-3-8-19(9-4-1)16-21-12-7-14-24(18-21)22-23-13-15-25(22)17-20-10-5-2-6-11-20;/h1-6,8-11,21H,7,12-18H2;1H. The first kappa shape index (κ1) is 19.2. The summed E-state index contributed by atoms with van der Waals surface area (Å²) >= 11 is 0. The molecule has 2 heterocycles. The molecule has 0 N–H and O–H groups in total. The van der Waals surface area contributed by atoms with Gasteiger partial charge in [0.25, 0.3) is 0 Å². The van der Waals surface area contributed by atoms with Gasteiger partial charge in [0.15, 0.2) is 5.96 Å². The van der Waals surface area contributed by atoms with Crippen LogP contribution in [0.25, 0.3) is 0 Å². The number of benzene rings is 2. The van der Waals surface area contributed by atoms with Gasteiger partial charge in [0.1, 0.15) is 0 Å². The van der Waals surface area contributed by atoms with Gasteiger partial charge in [0.05, 0.1) is 6.54 Å². The third-order valence-electron chi connectivity index (χ3n) is 5.29. The molecular weight excluding hydrogens is 433 g/mol. The quantitative estimate of drug-likeness (QED) is 0.628. The molecule has 4 heteroatoms. The summed E-state index contributed by atoms with van der Waals surface area (Å²) in [6.07, 6.45) is 3.79. The molecule has 3 nitrogen and oxygen atoms in total. The van der Waals surface area contributed by atoms with Crippen molar-refractivity contribution in [3.8, 4) is 0 Å². The Hall–Kier alpha value is -1.56. The van der Waals surface area contributed by atoms with E-state index in [1.165, 1.54) is 36.3 Å². The first-order valence-corrected chi connectivity index (χ1v) is 9.51. The summed E-state index contributed by atoms with van der Waals surface area (Å²) in [5, 5.41) is 0. The van der Waals surface area contributed by atoms with Crippen LogP contribution in [-0.2, 0) is 13.0 Å². The molecule has 0 amide bonds. The molecule has 0 bridgehead atoms. The van der Waals surface area contributed by atoms with Crippen molar-refractivity contribution in [1.29, 1.82) is 0 Å². The average Bonchev–Trinajstić information content (AvgIpc) is 3.12. The molecule has 2 aliphatic rings. The van der Waals surface area contributed by atoms with Crippen molar-refractivity contribution in [2.45, 2.75) is 25.8 Å². The number of nitrogens with zero attached hydrogens (tertiary/aromatic N) is 3. The number of piperidine rings is 1. The third-order valence-corrected chi connectivity index (χ3v) is 5.29. The fraction of sp³-hybridized carbons (Fsp3) is 0.409.